The zero-order chi connectivity index (χ0) is 22.9. The smallest absolute Gasteiger partial charge is 0.261 e. The summed E-state index contributed by atoms with van der Waals surface area (Å²) in [5, 5.41) is 3.26. The molecule has 0 N–H and O–H groups in total. The van der Waals surface area contributed by atoms with Crippen LogP contribution in [0.1, 0.15) is 65.0 Å². The molecule has 0 saturated carbocycles. The Balaban J connectivity index is 1.20. The van der Waals surface area contributed by atoms with Crippen LogP contribution in [0.5, 0.6) is 0 Å². The summed E-state index contributed by atoms with van der Waals surface area (Å²) >= 11 is 1.70. The molecule has 1 aromatic carbocycles. The molecule has 1 aromatic heterocycles. The monoisotopic (exact) mass is 454 g/mol. The van der Waals surface area contributed by atoms with Gasteiger partial charge >= 0.3 is 0 Å². The zero-order valence-electron chi connectivity index (χ0n) is 19.0. The second-order valence-electron chi connectivity index (χ2n) is 9.44. The highest BCUT2D eigenvalue weighted by Gasteiger charge is 2.34. The molecule has 0 bridgehead atoms. The molecule has 2 aromatic rings. The fourth-order valence-corrected chi connectivity index (χ4v) is 5.13. The molecule has 8 heteroatoms. The number of aromatic nitrogens is 1. The molecule has 0 aliphatic carbocycles. The van der Waals surface area contributed by atoms with Gasteiger partial charge in [0, 0.05) is 49.9 Å². The first kappa shape index (κ1) is 22.6. The minimum Gasteiger partial charge on any atom is -0.340 e. The van der Waals surface area contributed by atoms with Crippen LogP contribution in [0.3, 0.4) is 0 Å². The number of piperazine rings is 1. The van der Waals surface area contributed by atoms with Crippen LogP contribution in [0, 0.1) is 0 Å². The minimum absolute atomic E-state index is 0.0625. The van der Waals surface area contributed by atoms with Gasteiger partial charge in [0.2, 0.25) is 5.91 Å². The Kier molecular flexibility index (Phi) is 6.44. The summed E-state index contributed by atoms with van der Waals surface area (Å²) in [6.07, 6.45) is 0.827. The van der Waals surface area contributed by atoms with Gasteiger partial charge in [0.1, 0.15) is 5.01 Å². The van der Waals surface area contributed by atoms with Crippen molar-refractivity contribution in [1.82, 2.24) is 19.7 Å². The van der Waals surface area contributed by atoms with E-state index in [4.69, 9.17) is 4.98 Å². The SMILES string of the molecule is CC(C)(C)c1csc(CN2CCN(C(=O)CCCN3C(=O)c4ccccc4C3=O)CC2)n1. The normalized spacial score (nSPS) is 17.2. The van der Waals surface area contributed by atoms with E-state index < -0.39 is 0 Å². The molecule has 2 aliphatic heterocycles. The molecule has 1 fully saturated rings. The van der Waals surface area contributed by atoms with Gasteiger partial charge in [-0.3, -0.25) is 24.2 Å². The first-order valence-electron chi connectivity index (χ1n) is 11.1. The van der Waals surface area contributed by atoms with Gasteiger partial charge in [0.05, 0.1) is 23.4 Å². The predicted octanol–water partition coefficient (Wildman–Crippen LogP) is 3.16. The molecule has 2 aliphatic rings. The fraction of sp³-hybridized carbons (Fsp3) is 0.500. The van der Waals surface area contributed by atoms with Crippen LogP contribution in [0.25, 0.3) is 0 Å². The maximum Gasteiger partial charge on any atom is 0.261 e. The van der Waals surface area contributed by atoms with Gasteiger partial charge in [-0.25, -0.2) is 4.98 Å². The fourth-order valence-electron chi connectivity index (χ4n) is 4.06. The number of imide groups is 1. The number of carbonyl (C=O) groups excluding carboxylic acids is 3. The van der Waals surface area contributed by atoms with Gasteiger partial charge < -0.3 is 4.90 Å². The third-order valence-corrected chi connectivity index (χ3v) is 6.89. The van der Waals surface area contributed by atoms with Gasteiger partial charge in [0.25, 0.3) is 11.8 Å². The molecule has 3 heterocycles. The zero-order valence-corrected chi connectivity index (χ0v) is 19.8. The Bertz CT molecular complexity index is 983. The molecule has 170 valence electrons. The third kappa shape index (κ3) is 4.76. The number of benzene rings is 1. The highest BCUT2D eigenvalue weighted by atomic mass is 32.1. The van der Waals surface area contributed by atoms with Crippen LogP contribution in [0.4, 0.5) is 0 Å². The lowest BCUT2D eigenvalue weighted by molar-refractivity contribution is -0.133. The molecule has 0 atom stereocenters. The molecule has 1 saturated heterocycles. The van der Waals surface area contributed by atoms with Crippen molar-refractivity contribution in [3.8, 4) is 0 Å². The van der Waals surface area contributed by atoms with Crippen LogP contribution in [-0.4, -0.2) is 70.1 Å². The number of hydrogen-bond donors (Lipinski definition) is 0. The molecule has 0 spiro atoms. The standard InChI is InChI=1S/C24H30N4O3S/c1-24(2,3)19-16-32-20(25-19)15-26-11-13-27(14-12-26)21(29)9-6-10-28-22(30)17-7-4-5-8-18(17)23(28)31/h4-5,7-8,16H,6,9-15H2,1-3H3. The van der Waals surface area contributed by atoms with Crippen LogP contribution in [0.15, 0.2) is 29.6 Å². The topological polar surface area (TPSA) is 73.8 Å². The average molecular weight is 455 g/mol. The van der Waals surface area contributed by atoms with Crippen LogP contribution >= 0.6 is 11.3 Å². The Morgan fingerprint density at radius 2 is 1.66 bits per heavy atom. The van der Waals surface area contributed by atoms with E-state index in [1.54, 1.807) is 35.6 Å². The molecule has 32 heavy (non-hydrogen) atoms. The minimum atomic E-state index is -0.261. The summed E-state index contributed by atoms with van der Waals surface area (Å²) in [5.41, 5.74) is 2.10. The number of amides is 3. The number of rotatable bonds is 6. The summed E-state index contributed by atoms with van der Waals surface area (Å²) in [7, 11) is 0. The van der Waals surface area contributed by atoms with Crippen molar-refractivity contribution < 1.29 is 14.4 Å². The van der Waals surface area contributed by atoms with E-state index in [0.717, 1.165) is 30.3 Å². The second-order valence-corrected chi connectivity index (χ2v) is 10.4. The van der Waals surface area contributed by atoms with Crippen LogP contribution in [0.2, 0.25) is 0 Å². The lowest BCUT2D eigenvalue weighted by atomic mass is 9.93. The van der Waals surface area contributed by atoms with Gasteiger partial charge in [-0.15, -0.1) is 11.3 Å². The van der Waals surface area contributed by atoms with E-state index in [1.165, 1.54) is 4.90 Å². The number of hydrogen-bond acceptors (Lipinski definition) is 6. The van der Waals surface area contributed by atoms with Crippen molar-refractivity contribution in [3.63, 3.8) is 0 Å². The van der Waals surface area contributed by atoms with Gasteiger partial charge in [-0.1, -0.05) is 32.9 Å². The first-order valence-corrected chi connectivity index (χ1v) is 12.0. The van der Waals surface area contributed by atoms with Crippen LogP contribution in [-0.2, 0) is 16.8 Å². The highest BCUT2D eigenvalue weighted by molar-refractivity contribution is 7.09. The Morgan fingerprint density at radius 1 is 1.03 bits per heavy atom. The molecule has 3 amide bonds. The lowest BCUT2D eigenvalue weighted by Gasteiger charge is -2.34. The van der Waals surface area contributed by atoms with E-state index in [-0.39, 0.29) is 29.7 Å². The maximum atomic E-state index is 12.6. The molecule has 0 unspecified atom stereocenters. The van der Waals surface area contributed by atoms with Crippen molar-refractivity contribution >= 4 is 29.1 Å². The van der Waals surface area contributed by atoms with Gasteiger partial charge in [-0.05, 0) is 18.6 Å². The summed E-state index contributed by atoms with van der Waals surface area (Å²) in [5.74, 6) is -0.433. The maximum absolute atomic E-state index is 12.6. The molecule has 4 rings (SSSR count). The largest absolute Gasteiger partial charge is 0.340 e. The number of fused-ring (bicyclic) bond motifs is 1. The number of carbonyl (C=O) groups is 3. The molecule has 0 radical (unpaired) electrons. The second kappa shape index (κ2) is 9.11. The molecular formula is C24H30N4O3S. The van der Waals surface area contributed by atoms with Crippen molar-refractivity contribution in [2.24, 2.45) is 0 Å². The van der Waals surface area contributed by atoms with Crippen molar-refractivity contribution in [3.05, 3.63) is 51.5 Å². The Morgan fingerprint density at radius 3 is 2.22 bits per heavy atom. The van der Waals surface area contributed by atoms with Crippen molar-refractivity contribution in [1.29, 1.82) is 0 Å². The quantitative estimate of drug-likeness (QED) is 0.627. The van der Waals surface area contributed by atoms with Crippen molar-refractivity contribution in [2.75, 3.05) is 32.7 Å². The van der Waals surface area contributed by atoms with E-state index in [0.29, 0.717) is 37.1 Å². The van der Waals surface area contributed by atoms with Crippen LogP contribution < -0.4 is 0 Å². The Labute approximate surface area is 193 Å². The predicted molar refractivity (Wildman–Crippen MR) is 124 cm³/mol. The molecule has 7 nitrogen and oxygen atoms in total. The van der Waals surface area contributed by atoms with Gasteiger partial charge in [0.15, 0.2) is 0 Å². The van der Waals surface area contributed by atoms with E-state index >= 15 is 0 Å². The number of nitrogens with zero attached hydrogens (tertiary/aromatic N) is 4. The first-order chi connectivity index (χ1) is 15.2. The van der Waals surface area contributed by atoms with E-state index in [9.17, 15) is 14.4 Å². The lowest BCUT2D eigenvalue weighted by Crippen LogP contribution is -2.48. The van der Waals surface area contributed by atoms with E-state index in [1.807, 2.05) is 4.90 Å². The molecular weight excluding hydrogens is 424 g/mol. The summed E-state index contributed by atoms with van der Waals surface area (Å²) in [4.78, 5) is 47.8. The van der Waals surface area contributed by atoms with Crippen molar-refractivity contribution in [2.45, 2.75) is 45.6 Å². The summed E-state index contributed by atoms with van der Waals surface area (Å²) < 4.78 is 0. The summed E-state index contributed by atoms with van der Waals surface area (Å²) in [6, 6.07) is 6.87. The van der Waals surface area contributed by atoms with Gasteiger partial charge in [-0.2, -0.15) is 0 Å². The third-order valence-electron chi connectivity index (χ3n) is 6.05. The van der Waals surface area contributed by atoms with E-state index in [2.05, 4.69) is 31.1 Å². The Hall–Kier alpha value is -2.58. The highest BCUT2D eigenvalue weighted by Crippen LogP contribution is 2.25. The number of thiazole rings is 1. The average Bonchev–Trinajstić information content (AvgIpc) is 3.33. The summed E-state index contributed by atoms with van der Waals surface area (Å²) in [6.45, 7) is 10.7.